The summed E-state index contributed by atoms with van der Waals surface area (Å²) in [6.45, 7) is 5.93. The fourth-order valence-electron chi connectivity index (χ4n) is 2.49. The molecule has 20 heavy (non-hydrogen) atoms. The first-order chi connectivity index (χ1) is 9.58. The smallest absolute Gasteiger partial charge is 0.139 e. The first-order valence-electron chi connectivity index (χ1n) is 6.39. The Hall–Kier alpha value is -2.08. The number of thiazole rings is 1. The lowest BCUT2D eigenvalue weighted by atomic mass is 10.1. The van der Waals surface area contributed by atoms with Gasteiger partial charge in [-0.25, -0.2) is 4.98 Å². The summed E-state index contributed by atoms with van der Waals surface area (Å²) in [5, 5.41) is 7.40. The lowest BCUT2D eigenvalue weighted by Crippen LogP contribution is -2.10. The van der Waals surface area contributed by atoms with Crippen molar-refractivity contribution in [2.75, 3.05) is 11.1 Å². The van der Waals surface area contributed by atoms with Gasteiger partial charge >= 0.3 is 0 Å². The number of hydrogen-bond donors (Lipinski definition) is 2. The Kier molecular flexibility index (Phi) is 3.10. The van der Waals surface area contributed by atoms with E-state index in [1.807, 2.05) is 31.5 Å². The van der Waals surface area contributed by atoms with Gasteiger partial charge in [0.25, 0.3) is 0 Å². The molecule has 0 aliphatic heterocycles. The molecule has 2 aromatic heterocycles. The number of nitrogens with zero attached hydrogens (tertiary/aromatic N) is 2. The summed E-state index contributed by atoms with van der Waals surface area (Å²) in [6.07, 6.45) is 0. The van der Waals surface area contributed by atoms with E-state index in [2.05, 4.69) is 22.4 Å². The third-order valence-electron chi connectivity index (χ3n) is 3.44. The Bertz CT molecular complexity index is 742. The Morgan fingerprint density at radius 2 is 2.15 bits per heavy atom. The standard InChI is InChI=1S/C14H16N4OS/c1-7(12-8(2)18-19-9(12)3)17-10-4-5-11-14(13(10)15)16-6-20-11/h4-7,17H,15H2,1-3H3. The zero-order valence-corrected chi connectivity index (χ0v) is 12.4. The molecule has 3 rings (SSSR count). The predicted octanol–water partition coefficient (Wildman–Crippen LogP) is 3.66. The molecule has 0 spiro atoms. The minimum Gasteiger partial charge on any atom is -0.395 e. The highest BCUT2D eigenvalue weighted by Crippen LogP contribution is 2.33. The SMILES string of the molecule is Cc1noc(C)c1C(C)Nc1ccc2scnc2c1N. The summed E-state index contributed by atoms with van der Waals surface area (Å²) >= 11 is 1.59. The second-order valence-corrected chi connectivity index (χ2v) is 5.72. The number of fused-ring (bicyclic) bond motifs is 1. The summed E-state index contributed by atoms with van der Waals surface area (Å²) in [6, 6.07) is 4.09. The molecule has 1 atom stereocenters. The van der Waals surface area contributed by atoms with Crippen molar-refractivity contribution in [1.82, 2.24) is 10.1 Å². The number of nitrogen functional groups attached to an aromatic ring is 1. The molecule has 3 aromatic rings. The van der Waals surface area contributed by atoms with E-state index >= 15 is 0 Å². The third kappa shape index (κ3) is 2.02. The zero-order valence-electron chi connectivity index (χ0n) is 11.6. The van der Waals surface area contributed by atoms with Gasteiger partial charge in [-0.2, -0.15) is 0 Å². The van der Waals surface area contributed by atoms with Gasteiger partial charge < -0.3 is 15.6 Å². The molecule has 0 bridgehead atoms. The number of aromatic nitrogens is 2. The normalized spacial score (nSPS) is 12.8. The number of hydrogen-bond acceptors (Lipinski definition) is 6. The largest absolute Gasteiger partial charge is 0.395 e. The Morgan fingerprint density at radius 3 is 2.85 bits per heavy atom. The molecule has 5 nitrogen and oxygen atoms in total. The lowest BCUT2D eigenvalue weighted by Gasteiger charge is -2.16. The Labute approximate surface area is 120 Å². The van der Waals surface area contributed by atoms with Crippen LogP contribution in [0.15, 0.2) is 22.2 Å². The molecule has 0 saturated heterocycles. The van der Waals surface area contributed by atoms with Crippen LogP contribution in [-0.4, -0.2) is 10.1 Å². The molecule has 2 heterocycles. The summed E-state index contributed by atoms with van der Waals surface area (Å²) < 4.78 is 6.31. The van der Waals surface area contributed by atoms with Crippen molar-refractivity contribution in [3.63, 3.8) is 0 Å². The van der Waals surface area contributed by atoms with Crippen LogP contribution in [0.4, 0.5) is 11.4 Å². The molecule has 0 aliphatic carbocycles. The van der Waals surface area contributed by atoms with Gasteiger partial charge in [0.1, 0.15) is 11.3 Å². The zero-order chi connectivity index (χ0) is 14.3. The predicted molar refractivity (Wildman–Crippen MR) is 82.0 cm³/mol. The Morgan fingerprint density at radius 1 is 1.35 bits per heavy atom. The lowest BCUT2D eigenvalue weighted by molar-refractivity contribution is 0.392. The van der Waals surface area contributed by atoms with E-state index in [0.29, 0.717) is 5.69 Å². The van der Waals surface area contributed by atoms with Crippen molar-refractivity contribution >= 4 is 32.9 Å². The van der Waals surface area contributed by atoms with E-state index in [4.69, 9.17) is 10.3 Å². The van der Waals surface area contributed by atoms with Gasteiger partial charge in [0.2, 0.25) is 0 Å². The van der Waals surface area contributed by atoms with Crippen LogP contribution in [0, 0.1) is 13.8 Å². The molecule has 3 N–H and O–H groups in total. The van der Waals surface area contributed by atoms with Crippen LogP contribution < -0.4 is 11.1 Å². The van der Waals surface area contributed by atoms with Crippen LogP contribution in [-0.2, 0) is 0 Å². The van der Waals surface area contributed by atoms with Crippen molar-refractivity contribution in [1.29, 1.82) is 0 Å². The number of nitrogens with two attached hydrogens (primary N) is 1. The fraction of sp³-hybridized carbons (Fsp3) is 0.286. The van der Waals surface area contributed by atoms with Crippen molar-refractivity contribution < 1.29 is 4.52 Å². The number of rotatable bonds is 3. The van der Waals surface area contributed by atoms with Gasteiger partial charge in [-0.05, 0) is 32.9 Å². The van der Waals surface area contributed by atoms with E-state index in [9.17, 15) is 0 Å². The monoisotopic (exact) mass is 288 g/mol. The Balaban J connectivity index is 1.95. The highest BCUT2D eigenvalue weighted by Gasteiger charge is 2.17. The van der Waals surface area contributed by atoms with Crippen molar-refractivity contribution in [2.24, 2.45) is 0 Å². The van der Waals surface area contributed by atoms with Crippen LogP contribution in [0.3, 0.4) is 0 Å². The number of benzene rings is 1. The number of aryl methyl sites for hydroxylation is 2. The molecule has 0 fully saturated rings. The average Bonchev–Trinajstić information content (AvgIpc) is 3.00. The second kappa shape index (κ2) is 4.79. The second-order valence-electron chi connectivity index (χ2n) is 4.83. The molecule has 0 amide bonds. The molecule has 1 unspecified atom stereocenters. The molecular formula is C14H16N4OS. The molecule has 1 aromatic carbocycles. The van der Waals surface area contributed by atoms with Gasteiger partial charge in [-0.15, -0.1) is 11.3 Å². The van der Waals surface area contributed by atoms with Crippen LogP contribution >= 0.6 is 11.3 Å². The van der Waals surface area contributed by atoms with Crippen LogP contribution in [0.2, 0.25) is 0 Å². The molecule has 0 aliphatic rings. The summed E-state index contributed by atoms with van der Waals surface area (Å²) in [4.78, 5) is 4.31. The van der Waals surface area contributed by atoms with Crippen LogP contribution in [0.25, 0.3) is 10.2 Å². The summed E-state index contributed by atoms with van der Waals surface area (Å²) in [5.41, 5.74) is 12.4. The van der Waals surface area contributed by atoms with Gasteiger partial charge in [0.05, 0.1) is 33.3 Å². The maximum absolute atomic E-state index is 6.18. The molecule has 0 radical (unpaired) electrons. The molecule has 0 saturated carbocycles. The average molecular weight is 288 g/mol. The maximum Gasteiger partial charge on any atom is 0.139 e. The van der Waals surface area contributed by atoms with Gasteiger partial charge in [-0.1, -0.05) is 5.16 Å². The number of anilines is 2. The number of nitrogens with one attached hydrogen (secondary N) is 1. The minimum absolute atomic E-state index is 0.0691. The van der Waals surface area contributed by atoms with Gasteiger partial charge in [0.15, 0.2) is 0 Å². The van der Waals surface area contributed by atoms with Crippen molar-refractivity contribution in [3.8, 4) is 0 Å². The first kappa shape index (κ1) is 12.9. The van der Waals surface area contributed by atoms with Crippen molar-refractivity contribution in [2.45, 2.75) is 26.8 Å². The quantitative estimate of drug-likeness (QED) is 0.719. The summed E-state index contributed by atoms with van der Waals surface area (Å²) in [5.74, 6) is 0.829. The maximum atomic E-state index is 6.18. The third-order valence-corrected chi connectivity index (χ3v) is 4.23. The van der Waals surface area contributed by atoms with E-state index in [1.165, 1.54) is 0 Å². The first-order valence-corrected chi connectivity index (χ1v) is 7.27. The fourth-order valence-corrected chi connectivity index (χ4v) is 3.18. The molecular weight excluding hydrogens is 272 g/mol. The van der Waals surface area contributed by atoms with E-state index in [1.54, 1.807) is 11.3 Å². The van der Waals surface area contributed by atoms with Crippen molar-refractivity contribution in [3.05, 3.63) is 34.7 Å². The van der Waals surface area contributed by atoms with Gasteiger partial charge in [-0.3, -0.25) is 0 Å². The highest BCUT2D eigenvalue weighted by atomic mass is 32.1. The van der Waals surface area contributed by atoms with E-state index < -0.39 is 0 Å². The van der Waals surface area contributed by atoms with Crippen LogP contribution in [0.5, 0.6) is 0 Å². The molecule has 104 valence electrons. The topological polar surface area (TPSA) is 77.0 Å². The van der Waals surface area contributed by atoms with E-state index in [0.717, 1.165) is 32.9 Å². The highest BCUT2D eigenvalue weighted by molar-refractivity contribution is 7.16. The summed E-state index contributed by atoms with van der Waals surface area (Å²) in [7, 11) is 0. The molecule has 6 heteroatoms. The minimum atomic E-state index is 0.0691. The van der Waals surface area contributed by atoms with Crippen LogP contribution in [0.1, 0.15) is 30.0 Å². The van der Waals surface area contributed by atoms with Gasteiger partial charge in [0, 0.05) is 5.56 Å². The van der Waals surface area contributed by atoms with E-state index in [-0.39, 0.29) is 6.04 Å².